The standard InChI is InChI=1S/C10H13NOS/c11-6-9(12)7-1-2-10-8(5-7)3-4-13-10/h1-5,8-10,12H,6,11H2. The van der Waals surface area contributed by atoms with E-state index in [9.17, 15) is 5.11 Å². The molecule has 13 heavy (non-hydrogen) atoms. The Balaban J connectivity index is 2.14. The molecule has 2 aliphatic rings. The first kappa shape index (κ1) is 9.06. The third-order valence-electron chi connectivity index (χ3n) is 2.39. The van der Waals surface area contributed by atoms with Crippen LogP contribution in [-0.2, 0) is 0 Å². The number of nitrogens with two attached hydrogens (primary N) is 1. The Hall–Kier alpha value is -0.510. The monoisotopic (exact) mass is 195 g/mol. The molecule has 0 fully saturated rings. The molecule has 0 aromatic carbocycles. The number of aliphatic hydroxyl groups excluding tert-OH is 1. The van der Waals surface area contributed by atoms with Gasteiger partial charge < -0.3 is 10.8 Å². The van der Waals surface area contributed by atoms with Crippen LogP contribution in [0.4, 0.5) is 0 Å². The molecule has 3 atom stereocenters. The summed E-state index contributed by atoms with van der Waals surface area (Å²) in [7, 11) is 0. The Morgan fingerprint density at radius 2 is 2.38 bits per heavy atom. The van der Waals surface area contributed by atoms with E-state index in [1.165, 1.54) is 0 Å². The lowest BCUT2D eigenvalue weighted by Gasteiger charge is -2.20. The van der Waals surface area contributed by atoms with Gasteiger partial charge in [-0.2, -0.15) is 0 Å². The second-order valence-corrected chi connectivity index (χ2v) is 4.37. The Morgan fingerprint density at radius 1 is 1.54 bits per heavy atom. The molecule has 70 valence electrons. The minimum atomic E-state index is -0.504. The Labute approximate surface area is 82.2 Å². The van der Waals surface area contributed by atoms with Crippen LogP contribution in [0.1, 0.15) is 0 Å². The van der Waals surface area contributed by atoms with E-state index in [0.29, 0.717) is 17.7 Å². The van der Waals surface area contributed by atoms with Crippen LogP contribution in [-0.4, -0.2) is 23.0 Å². The van der Waals surface area contributed by atoms with Crippen molar-refractivity contribution in [2.45, 2.75) is 11.4 Å². The van der Waals surface area contributed by atoms with Crippen molar-refractivity contribution in [2.24, 2.45) is 11.7 Å². The lowest BCUT2D eigenvalue weighted by Crippen LogP contribution is -2.24. The zero-order valence-electron chi connectivity index (χ0n) is 7.26. The quantitative estimate of drug-likeness (QED) is 0.692. The lowest BCUT2D eigenvalue weighted by atomic mass is 9.93. The highest BCUT2D eigenvalue weighted by Gasteiger charge is 2.23. The van der Waals surface area contributed by atoms with Crippen molar-refractivity contribution in [3.63, 3.8) is 0 Å². The van der Waals surface area contributed by atoms with Gasteiger partial charge in [-0.05, 0) is 11.0 Å². The van der Waals surface area contributed by atoms with Gasteiger partial charge in [-0.25, -0.2) is 0 Å². The fourth-order valence-corrected chi connectivity index (χ4v) is 2.57. The Kier molecular flexibility index (Phi) is 2.58. The average Bonchev–Trinajstić information content (AvgIpc) is 2.63. The molecule has 0 bridgehead atoms. The van der Waals surface area contributed by atoms with Crippen LogP contribution in [0.5, 0.6) is 0 Å². The Morgan fingerprint density at radius 3 is 3.15 bits per heavy atom. The van der Waals surface area contributed by atoms with Gasteiger partial charge in [0.05, 0.1) is 6.10 Å². The number of hydrogen-bond donors (Lipinski definition) is 2. The minimum absolute atomic E-state index is 0.296. The molecule has 2 rings (SSSR count). The summed E-state index contributed by atoms with van der Waals surface area (Å²) < 4.78 is 0. The first-order valence-corrected chi connectivity index (χ1v) is 5.35. The molecular weight excluding hydrogens is 182 g/mol. The van der Waals surface area contributed by atoms with Crippen LogP contribution in [0.2, 0.25) is 0 Å². The first-order chi connectivity index (χ1) is 6.31. The smallest absolute Gasteiger partial charge is 0.0909 e. The third kappa shape index (κ3) is 1.73. The predicted molar refractivity (Wildman–Crippen MR) is 56.3 cm³/mol. The molecule has 3 N–H and O–H groups in total. The fraction of sp³-hybridized carbons (Fsp3) is 0.400. The zero-order valence-corrected chi connectivity index (χ0v) is 8.08. The molecule has 0 spiro atoms. The third-order valence-corrected chi connectivity index (χ3v) is 3.49. The van der Waals surface area contributed by atoms with Gasteiger partial charge in [0, 0.05) is 17.7 Å². The van der Waals surface area contributed by atoms with E-state index in [0.717, 1.165) is 5.57 Å². The number of fused-ring (bicyclic) bond motifs is 1. The maximum Gasteiger partial charge on any atom is 0.0909 e. The largest absolute Gasteiger partial charge is 0.387 e. The number of hydrogen-bond acceptors (Lipinski definition) is 3. The summed E-state index contributed by atoms with van der Waals surface area (Å²) in [5.74, 6) is 0.450. The summed E-state index contributed by atoms with van der Waals surface area (Å²) in [6.45, 7) is 0.296. The molecule has 0 saturated carbocycles. The molecule has 1 aliphatic heterocycles. The molecule has 0 radical (unpaired) electrons. The van der Waals surface area contributed by atoms with Crippen LogP contribution in [0.15, 0.2) is 35.3 Å². The van der Waals surface area contributed by atoms with E-state index in [1.807, 2.05) is 17.8 Å². The maximum atomic E-state index is 9.53. The highest BCUT2D eigenvalue weighted by Crippen LogP contribution is 2.35. The van der Waals surface area contributed by atoms with E-state index < -0.39 is 6.10 Å². The lowest BCUT2D eigenvalue weighted by molar-refractivity contribution is 0.221. The van der Waals surface area contributed by atoms with E-state index >= 15 is 0 Å². The van der Waals surface area contributed by atoms with Crippen molar-refractivity contribution in [2.75, 3.05) is 6.54 Å². The molecule has 0 aromatic rings. The van der Waals surface area contributed by atoms with E-state index in [1.54, 1.807) is 0 Å². The van der Waals surface area contributed by atoms with Crippen LogP contribution in [0, 0.1) is 5.92 Å². The number of rotatable bonds is 2. The average molecular weight is 195 g/mol. The summed E-state index contributed by atoms with van der Waals surface area (Å²) in [5, 5.41) is 12.2. The normalized spacial score (nSPS) is 32.9. The molecule has 1 heterocycles. The van der Waals surface area contributed by atoms with Crippen molar-refractivity contribution in [3.8, 4) is 0 Å². The first-order valence-electron chi connectivity index (χ1n) is 4.41. The second-order valence-electron chi connectivity index (χ2n) is 3.28. The number of thioether (sulfide) groups is 1. The highest BCUT2D eigenvalue weighted by atomic mass is 32.2. The summed E-state index contributed by atoms with van der Waals surface area (Å²) in [4.78, 5) is 0. The van der Waals surface area contributed by atoms with Gasteiger partial charge >= 0.3 is 0 Å². The highest BCUT2D eigenvalue weighted by molar-refractivity contribution is 8.03. The van der Waals surface area contributed by atoms with E-state index in [-0.39, 0.29) is 0 Å². The SMILES string of the molecule is NCC(O)C1=CC2C=CSC2C=C1. The van der Waals surface area contributed by atoms with Gasteiger partial charge in [0.15, 0.2) is 0 Å². The minimum Gasteiger partial charge on any atom is -0.387 e. The van der Waals surface area contributed by atoms with E-state index in [2.05, 4.69) is 23.6 Å². The fourth-order valence-electron chi connectivity index (χ4n) is 1.59. The van der Waals surface area contributed by atoms with Crippen LogP contribution < -0.4 is 5.73 Å². The van der Waals surface area contributed by atoms with Crippen molar-refractivity contribution in [1.82, 2.24) is 0 Å². The predicted octanol–water partition coefficient (Wildman–Crippen LogP) is 1.05. The second kappa shape index (κ2) is 3.70. The zero-order chi connectivity index (χ0) is 9.26. The molecular formula is C10H13NOS. The van der Waals surface area contributed by atoms with Gasteiger partial charge in [0.1, 0.15) is 0 Å². The van der Waals surface area contributed by atoms with Crippen LogP contribution >= 0.6 is 11.8 Å². The van der Waals surface area contributed by atoms with Crippen molar-refractivity contribution in [1.29, 1.82) is 0 Å². The maximum absolute atomic E-state index is 9.53. The number of allylic oxidation sites excluding steroid dienone is 2. The molecule has 3 heteroatoms. The van der Waals surface area contributed by atoms with E-state index in [4.69, 9.17) is 5.73 Å². The van der Waals surface area contributed by atoms with Crippen LogP contribution in [0.3, 0.4) is 0 Å². The molecule has 1 aliphatic carbocycles. The van der Waals surface area contributed by atoms with Gasteiger partial charge in [-0.15, -0.1) is 11.8 Å². The number of aliphatic hydroxyl groups is 1. The Bertz CT molecular complexity index is 283. The summed E-state index contributed by atoms with van der Waals surface area (Å²) >= 11 is 1.82. The van der Waals surface area contributed by atoms with Gasteiger partial charge in [0.2, 0.25) is 0 Å². The van der Waals surface area contributed by atoms with Crippen LogP contribution in [0.25, 0.3) is 0 Å². The van der Waals surface area contributed by atoms with Crippen molar-refractivity contribution >= 4 is 11.8 Å². The summed E-state index contributed by atoms with van der Waals surface area (Å²) in [6, 6.07) is 0. The molecule has 2 nitrogen and oxygen atoms in total. The molecule has 3 unspecified atom stereocenters. The van der Waals surface area contributed by atoms with Gasteiger partial charge in [-0.3, -0.25) is 0 Å². The molecule has 0 saturated heterocycles. The van der Waals surface area contributed by atoms with Gasteiger partial charge in [-0.1, -0.05) is 24.3 Å². The van der Waals surface area contributed by atoms with Crippen molar-refractivity contribution < 1.29 is 5.11 Å². The summed E-state index contributed by atoms with van der Waals surface area (Å²) in [5.41, 5.74) is 6.35. The molecule has 0 amide bonds. The topological polar surface area (TPSA) is 46.2 Å². The molecule has 0 aromatic heterocycles. The summed E-state index contributed by atoms with van der Waals surface area (Å²) in [6.07, 6.45) is 7.90. The van der Waals surface area contributed by atoms with Crippen molar-refractivity contribution in [3.05, 3.63) is 35.3 Å². The van der Waals surface area contributed by atoms with Gasteiger partial charge in [0.25, 0.3) is 0 Å².